The van der Waals surface area contributed by atoms with Gasteiger partial charge in [-0.2, -0.15) is 0 Å². The van der Waals surface area contributed by atoms with Gasteiger partial charge in [0.05, 0.1) is 0 Å². The van der Waals surface area contributed by atoms with Crippen LogP contribution in [0.25, 0.3) is 0 Å². The molecular weight excluding hydrogens is 218 g/mol. The molecule has 91 valence electrons. The highest BCUT2D eigenvalue weighted by molar-refractivity contribution is 5.60. The summed E-state index contributed by atoms with van der Waals surface area (Å²) in [5.74, 6) is 0. The van der Waals surface area contributed by atoms with Crippen LogP contribution in [-0.4, -0.2) is 0 Å². The van der Waals surface area contributed by atoms with Gasteiger partial charge < -0.3 is 5.32 Å². The number of hydrogen-bond donors (Lipinski definition) is 1. The Bertz CT molecular complexity index is 520. The van der Waals surface area contributed by atoms with E-state index >= 15 is 0 Å². The predicted octanol–water partition coefficient (Wildman–Crippen LogP) is 4.19. The molecule has 0 saturated heterocycles. The van der Waals surface area contributed by atoms with Gasteiger partial charge in [-0.05, 0) is 49.0 Å². The Balaban J connectivity index is 1.86. The van der Waals surface area contributed by atoms with Crippen molar-refractivity contribution in [3.63, 3.8) is 0 Å². The maximum atomic E-state index is 3.55. The van der Waals surface area contributed by atoms with E-state index in [-0.39, 0.29) is 0 Å². The van der Waals surface area contributed by atoms with Crippen molar-refractivity contribution >= 4 is 5.69 Å². The van der Waals surface area contributed by atoms with Crippen LogP contribution in [0.3, 0.4) is 0 Å². The molecule has 0 saturated carbocycles. The molecule has 1 radical (unpaired) electrons. The zero-order valence-corrected chi connectivity index (χ0v) is 10.5. The molecule has 0 atom stereocenters. The van der Waals surface area contributed by atoms with Gasteiger partial charge in [-0.15, -0.1) is 0 Å². The summed E-state index contributed by atoms with van der Waals surface area (Å²) < 4.78 is 0. The summed E-state index contributed by atoms with van der Waals surface area (Å²) in [5.41, 5.74) is 5.46. The number of hydrogen-bond acceptors (Lipinski definition) is 1. The minimum Gasteiger partial charge on any atom is -0.358 e. The highest BCUT2D eigenvalue weighted by Crippen LogP contribution is 2.29. The standard InChI is InChI=1S/C17H18N/c1-2-4-11-15(10-3-1)18-17-13-7-9-14-8-5-6-12-16(14)17/h1-4,7,9-11,13,18H,5-6,8,12H2. The molecular formula is C17H18N. The minimum absolute atomic E-state index is 1.15. The molecule has 0 amide bonds. The quantitative estimate of drug-likeness (QED) is 0.811. The van der Waals surface area contributed by atoms with Crippen LogP contribution in [-0.2, 0) is 12.8 Å². The molecule has 1 N–H and O–H groups in total. The molecule has 18 heavy (non-hydrogen) atoms. The van der Waals surface area contributed by atoms with Gasteiger partial charge in [0.25, 0.3) is 0 Å². The van der Waals surface area contributed by atoms with E-state index in [1.165, 1.54) is 42.5 Å². The van der Waals surface area contributed by atoms with Gasteiger partial charge in [0.2, 0.25) is 0 Å². The first-order chi connectivity index (χ1) is 8.93. The zero-order chi connectivity index (χ0) is 12.2. The number of benzene rings is 1. The molecule has 1 heteroatoms. The molecule has 0 unspecified atom stereocenters. The molecule has 0 bridgehead atoms. The lowest BCUT2D eigenvalue weighted by Crippen LogP contribution is -2.08. The highest BCUT2D eigenvalue weighted by Gasteiger charge is 2.13. The van der Waals surface area contributed by atoms with Crippen molar-refractivity contribution in [3.05, 3.63) is 71.8 Å². The van der Waals surface area contributed by atoms with Gasteiger partial charge in [-0.25, -0.2) is 0 Å². The Morgan fingerprint density at radius 3 is 2.78 bits per heavy atom. The first kappa shape index (κ1) is 11.3. The van der Waals surface area contributed by atoms with Gasteiger partial charge in [0, 0.05) is 17.8 Å². The molecule has 0 fully saturated rings. The Kier molecular flexibility index (Phi) is 3.31. The van der Waals surface area contributed by atoms with E-state index in [0.717, 1.165) is 5.70 Å². The SMILES string of the molecule is [CH]1C=CC=CC=C1Nc1cccc2c1CCCC2. The van der Waals surface area contributed by atoms with Crippen molar-refractivity contribution in [3.8, 4) is 0 Å². The molecule has 1 aromatic carbocycles. The van der Waals surface area contributed by atoms with Gasteiger partial charge in [-0.1, -0.05) is 36.4 Å². The van der Waals surface area contributed by atoms with Crippen molar-refractivity contribution in [1.82, 2.24) is 0 Å². The fourth-order valence-corrected chi connectivity index (χ4v) is 2.64. The summed E-state index contributed by atoms with van der Waals surface area (Å²) in [6, 6.07) is 6.62. The van der Waals surface area contributed by atoms with Crippen LogP contribution in [0.2, 0.25) is 0 Å². The monoisotopic (exact) mass is 236 g/mol. The molecule has 0 heterocycles. The first-order valence-electron chi connectivity index (χ1n) is 6.70. The fraction of sp³-hybridized carbons (Fsp3) is 0.235. The fourth-order valence-electron chi connectivity index (χ4n) is 2.64. The first-order valence-corrected chi connectivity index (χ1v) is 6.70. The van der Waals surface area contributed by atoms with Gasteiger partial charge in [0.15, 0.2) is 0 Å². The Morgan fingerprint density at radius 1 is 0.889 bits per heavy atom. The van der Waals surface area contributed by atoms with Crippen LogP contribution in [0.4, 0.5) is 5.69 Å². The maximum absolute atomic E-state index is 3.55. The molecule has 1 aromatic rings. The molecule has 1 nitrogen and oxygen atoms in total. The van der Waals surface area contributed by atoms with Crippen LogP contribution < -0.4 is 5.32 Å². The number of fused-ring (bicyclic) bond motifs is 1. The average Bonchev–Trinajstić information content (AvgIpc) is 2.68. The summed E-state index contributed by atoms with van der Waals surface area (Å²) in [7, 11) is 0. The average molecular weight is 236 g/mol. The third-order valence-electron chi connectivity index (χ3n) is 3.56. The second-order valence-electron chi connectivity index (χ2n) is 4.83. The molecule has 3 rings (SSSR count). The van der Waals surface area contributed by atoms with Crippen molar-refractivity contribution in [1.29, 1.82) is 0 Å². The normalized spacial score (nSPS) is 17.9. The number of nitrogens with one attached hydrogen (secondary N) is 1. The number of aryl methyl sites for hydroxylation is 1. The minimum atomic E-state index is 1.15. The number of rotatable bonds is 2. The summed E-state index contributed by atoms with van der Waals surface area (Å²) in [4.78, 5) is 0. The second-order valence-corrected chi connectivity index (χ2v) is 4.83. The largest absolute Gasteiger partial charge is 0.358 e. The molecule has 2 aliphatic carbocycles. The van der Waals surface area contributed by atoms with Gasteiger partial charge >= 0.3 is 0 Å². The van der Waals surface area contributed by atoms with Crippen LogP contribution in [0, 0.1) is 6.42 Å². The summed E-state index contributed by atoms with van der Waals surface area (Å²) >= 11 is 0. The summed E-state index contributed by atoms with van der Waals surface area (Å²) in [5, 5.41) is 3.55. The van der Waals surface area contributed by atoms with Crippen molar-refractivity contribution < 1.29 is 0 Å². The van der Waals surface area contributed by atoms with E-state index in [9.17, 15) is 0 Å². The molecule has 0 spiro atoms. The van der Waals surface area contributed by atoms with E-state index in [1.807, 2.05) is 12.2 Å². The highest BCUT2D eigenvalue weighted by atomic mass is 14.9. The predicted molar refractivity (Wildman–Crippen MR) is 77.4 cm³/mol. The van der Waals surface area contributed by atoms with Gasteiger partial charge in [-0.3, -0.25) is 0 Å². The van der Waals surface area contributed by atoms with E-state index in [0.29, 0.717) is 0 Å². The Hall–Kier alpha value is -1.76. The van der Waals surface area contributed by atoms with E-state index in [2.05, 4.69) is 48.2 Å². The maximum Gasteiger partial charge on any atom is 0.0417 e. The number of anilines is 1. The lowest BCUT2D eigenvalue weighted by Gasteiger charge is -2.20. The lowest BCUT2D eigenvalue weighted by atomic mass is 9.90. The van der Waals surface area contributed by atoms with E-state index in [4.69, 9.17) is 0 Å². The van der Waals surface area contributed by atoms with Crippen LogP contribution >= 0.6 is 0 Å². The van der Waals surface area contributed by atoms with Crippen molar-refractivity contribution in [2.75, 3.05) is 5.32 Å². The van der Waals surface area contributed by atoms with Crippen LogP contribution in [0.5, 0.6) is 0 Å². The van der Waals surface area contributed by atoms with Gasteiger partial charge in [0.1, 0.15) is 0 Å². The smallest absolute Gasteiger partial charge is 0.0417 e. The summed E-state index contributed by atoms with van der Waals surface area (Å²) in [6.07, 6.45) is 17.5. The third kappa shape index (κ3) is 2.40. The van der Waals surface area contributed by atoms with Crippen LogP contribution in [0.15, 0.2) is 54.3 Å². The topological polar surface area (TPSA) is 12.0 Å². The van der Waals surface area contributed by atoms with E-state index in [1.54, 1.807) is 0 Å². The second kappa shape index (κ2) is 5.26. The molecule has 0 aliphatic heterocycles. The van der Waals surface area contributed by atoms with E-state index < -0.39 is 0 Å². The number of allylic oxidation sites excluding steroid dienone is 5. The van der Waals surface area contributed by atoms with Crippen molar-refractivity contribution in [2.24, 2.45) is 0 Å². The summed E-state index contributed by atoms with van der Waals surface area (Å²) in [6.45, 7) is 0. The lowest BCUT2D eigenvalue weighted by molar-refractivity contribution is 0.687. The Morgan fingerprint density at radius 2 is 1.78 bits per heavy atom. The molecule has 2 aliphatic rings. The van der Waals surface area contributed by atoms with Crippen molar-refractivity contribution in [2.45, 2.75) is 25.7 Å². The third-order valence-corrected chi connectivity index (χ3v) is 3.56. The Labute approximate surface area is 109 Å². The van der Waals surface area contributed by atoms with Crippen LogP contribution in [0.1, 0.15) is 24.0 Å². The zero-order valence-electron chi connectivity index (χ0n) is 10.5. The molecule has 0 aromatic heterocycles.